The van der Waals surface area contributed by atoms with E-state index < -0.39 is 28.8 Å². The summed E-state index contributed by atoms with van der Waals surface area (Å²) in [6, 6.07) is 4.27. The van der Waals surface area contributed by atoms with Gasteiger partial charge in [-0.1, -0.05) is 29.8 Å². The molecule has 114 valence electrons. The molecule has 0 spiro atoms. The highest BCUT2D eigenvalue weighted by Gasteiger charge is 2.47. The molecule has 1 atom stereocenters. The standard InChI is InChI=1S/C14H13ClF3NO2/c1-13(2,15)21-12(20)9-7-8-5-3-4-6-10(8)19-11(9)14(16,17)18/h3-7,11,19H,1-2H3. The van der Waals surface area contributed by atoms with Crippen LogP contribution in [0.25, 0.3) is 6.08 Å². The number of para-hydroxylation sites is 1. The smallest absolute Gasteiger partial charge is 0.413 e. The van der Waals surface area contributed by atoms with E-state index in [9.17, 15) is 18.0 Å². The first-order valence-electron chi connectivity index (χ1n) is 6.14. The van der Waals surface area contributed by atoms with Gasteiger partial charge in [0.1, 0.15) is 0 Å². The highest BCUT2D eigenvalue weighted by Crippen LogP contribution is 2.36. The second-order valence-corrected chi connectivity index (χ2v) is 5.97. The second-order valence-electron chi connectivity index (χ2n) is 5.06. The zero-order valence-corrected chi connectivity index (χ0v) is 12.0. The van der Waals surface area contributed by atoms with Crippen molar-refractivity contribution in [2.24, 2.45) is 0 Å². The van der Waals surface area contributed by atoms with Crippen molar-refractivity contribution < 1.29 is 22.7 Å². The summed E-state index contributed by atoms with van der Waals surface area (Å²) in [4.78, 5) is 12.0. The van der Waals surface area contributed by atoms with Crippen molar-refractivity contribution in [2.45, 2.75) is 31.1 Å². The maximum atomic E-state index is 13.1. The van der Waals surface area contributed by atoms with Crippen LogP contribution in [0, 0.1) is 0 Å². The van der Waals surface area contributed by atoms with Gasteiger partial charge in [0.05, 0.1) is 5.57 Å². The first kappa shape index (κ1) is 15.7. The molecule has 21 heavy (non-hydrogen) atoms. The van der Waals surface area contributed by atoms with Crippen molar-refractivity contribution in [1.29, 1.82) is 0 Å². The average Bonchev–Trinajstić information content (AvgIpc) is 2.34. The van der Waals surface area contributed by atoms with Crippen LogP contribution in [-0.4, -0.2) is 23.2 Å². The second kappa shape index (κ2) is 5.26. The van der Waals surface area contributed by atoms with Gasteiger partial charge in [-0.2, -0.15) is 13.2 Å². The lowest BCUT2D eigenvalue weighted by Gasteiger charge is -2.30. The van der Waals surface area contributed by atoms with Crippen molar-refractivity contribution >= 4 is 29.3 Å². The van der Waals surface area contributed by atoms with Gasteiger partial charge in [0, 0.05) is 5.69 Å². The minimum atomic E-state index is -4.63. The summed E-state index contributed by atoms with van der Waals surface area (Å²) in [5.74, 6) is -1.10. The number of alkyl halides is 4. The molecule has 1 heterocycles. The summed E-state index contributed by atoms with van der Waals surface area (Å²) in [7, 11) is 0. The fourth-order valence-electron chi connectivity index (χ4n) is 1.95. The van der Waals surface area contributed by atoms with Crippen LogP contribution in [0.4, 0.5) is 18.9 Å². The maximum Gasteiger partial charge on any atom is 0.413 e. The number of esters is 1. The minimum Gasteiger partial charge on any atom is -0.440 e. The molecule has 0 amide bonds. The van der Waals surface area contributed by atoms with Gasteiger partial charge in [0.25, 0.3) is 0 Å². The van der Waals surface area contributed by atoms with Gasteiger partial charge in [-0.25, -0.2) is 4.79 Å². The Morgan fingerprint density at radius 2 is 1.90 bits per heavy atom. The normalized spacial score (nSPS) is 18.4. The van der Waals surface area contributed by atoms with Crippen LogP contribution >= 0.6 is 11.6 Å². The van der Waals surface area contributed by atoms with Gasteiger partial charge in [0.15, 0.2) is 11.1 Å². The van der Waals surface area contributed by atoms with E-state index in [1.54, 1.807) is 18.2 Å². The van der Waals surface area contributed by atoms with Crippen LogP contribution in [0.15, 0.2) is 29.8 Å². The Kier molecular flexibility index (Phi) is 3.93. The lowest BCUT2D eigenvalue weighted by atomic mass is 9.97. The molecule has 0 aromatic heterocycles. The lowest BCUT2D eigenvalue weighted by Crippen LogP contribution is -2.43. The van der Waals surface area contributed by atoms with E-state index in [-0.39, 0.29) is 0 Å². The Balaban J connectivity index is 2.42. The number of fused-ring (bicyclic) bond motifs is 1. The SMILES string of the molecule is CC(C)(Cl)OC(=O)C1=Cc2ccccc2NC1C(F)(F)F. The summed E-state index contributed by atoms with van der Waals surface area (Å²) in [5, 5.41) is 0.933. The molecule has 0 fully saturated rings. The molecule has 2 rings (SSSR count). The Bertz CT molecular complexity index is 591. The topological polar surface area (TPSA) is 38.3 Å². The lowest BCUT2D eigenvalue weighted by molar-refractivity contribution is -0.154. The predicted molar refractivity (Wildman–Crippen MR) is 73.9 cm³/mol. The molecule has 3 nitrogen and oxygen atoms in total. The van der Waals surface area contributed by atoms with E-state index in [0.29, 0.717) is 11.3 Å². The summed E-state index contributed by atoms with van der Waals surface area (Å²) in [6.45, 7) is 2.75. The number of hydrogen-bond acceptors (Lipinski definition) is 3. The van der Waals surface area contributed by atoms with Crippen LogP contribution in [0.5, 0.6) is 0 Å². The van der Waals surface area contributed by atoms with Gasteiger partial charge >= 0.3 is 12.1 Å². The molecule has 0 saturated carbocycles. The highest BCUT2D eigenvalue weighted by atomic mass is 35.5. The molecule has 0 saturated heterocycles. The van der Waals surface area contributed by atoms with Crippen LogP contribution < -0.4 is 5.32 Å². The van der Waals surface area contributed by atoms with Crippen LogP contribution in [0.1, 0.15) is 19.4 Å². The first-order valence-corrected chi connectivity index (χ1v) is 6.52. The Labute approximate surface area is 124 Å². The monoisotopic (exact) mass is 319 g/mol. The van der Waals surface area contributed by atoms with Crippen molar-refractivity contribution in [3.05, 3.63) is 35.4 Å². The fraction of sp³-hybridized carbons (Fsp3) is 0.357. The Hall–Kier alpha value is -1.69. The molecule has 1 aliphatic heterocycles. The van der Waals surface area contributed by atoms with Gasteiger partial charge < -0.3 is 10.1 Å². The molecule has 0 aliphatic carbocycles. The molecule has 0 bridgehead atoms. The van der Waals surface area contributed by atoms with E-state index in [1.165, 1.54) is 26.0 Å². The van der Waals surface area contributed by atoms with Gasteiger partial charge in [-0.3, -0.25) is 0 Å². The molecule has 7 heteroatoms. The fourth-order valence-corrected chi connectivity index (χ4v) is 2.02. The molecule has 1 unspecified atom stereocenters. The van der Waals surface area contributed by atoms with E-state index in [2.05, 4.69) is 5.32 Å². The van der Waals surface area contributed by atoms with Crippen molar-refractivity contribution in [3.63, 3.8) is 0 Å². The Morgan fingerprint density at radius 3 is 2.48 bits per heavy atom. The van der Waals surface area contributed by atoms with E-state index in [4.69, 9.17) is 16.3 Å². The van der Waals surface area contributed by atoms with E-state index in [1.807, 2.05) is 0 Å². The summed E-state index contributed by atoms with van der Waals surface area (Å²) < 4.78 is 44.2. The first-order chi connectivity index (χ1) is 9.58. The number of nitrogens with one attached hydrogen (secondary N) is 1. The van der Waals surface area contributed by atoms with Crippen LogP contribution in [0.3, 0.4) is 0 Å². The third kappa shape index (κ3) is 3.69. The number of carbonyl (C=O) groups is 1. The number of anilines is 1. The third-order valence-corrected chi connectivity index (χ3v) is 2.86. The molecular formula is C14H13ClF3NO2. The molecule has 1 aliphatic rings. The Morgan fingerprint density at radius 1 is 1.29 bits per heavy atom. The van der Waals surface area contributed by atoms with Gasteiger partial charge in [-0.05, 0) is 31.6 Å². The quantitative estimate of drug-likeness (QED) is 0.662. The average molecular weight is 320 g/mol. The number of rotatable bonds is 2. The van der Waals surface area contributed by atoms with Crippen molar-refractivity contribution in [1.82, 2.24) is 0 Å². The largest absolute Gasteiger partial charge is 0.440 e. The summed E-state index contributed by atoms with van der Waals surface area (Å²) >= 11 is 5.74. The van der Waals surface area contributed by atoms with Crippen LogP contribution in [-0.2, 0) is 9.53 Å². The third-order valence-electron chi connectivity index (χ3n) is 2.78. The molecule has 1 N–H and O–H groups in total. The number of ether oxygens (including phenoxy) is 1. The minimum absolute atomic E-state index is 0.307. The number of carbonyl (C=O) groups excluding carboxylic acids is 1. The maximum absolute atomic E-state index is 13.1. The zero-order chi connectivity index (χ0) is 15.8. The zero-order valence-electron chi connectivity index (χ0n) is 11.3. The van der Waals surface area contributed by atoms with Crippen molar-refractivity contribution in [3.8, 4) is 0 Å². The summed E-state index contributed by atoms with van der Waals surface area (Å²) in [5.41, 5.74) is 0.272. The van der Waals surface area contributed by atoms with E-state index >= 15 is 0 Å². The predicted octanol–water partition coefficient (Wildman–Crippen LogP) is 3.94. The van der Waals surface area contributed by atoms with Crippen LogP contribution in [0.2, 0.25) is 0 Å². The molecule has 1 aromatic rings. The molecule has 0 radical (unpaired) electrons. The molecular weight excluding hydrogens is 307 g/mol. The van der Waals surface area contributed by atoms with Crippen molar-refractivity contribution in [2.75, 3.05) is 5.32 Å². The number of halogens is 4. The molecule has 1 aromatic carbocycles. The number of benzene rings is 1. The summed E-state index contributed by atoms with van der Waals surface area (Å²) in [6.07, 6.45) is -3.45. The van der Waals surface area contributed by atoms with Gasteiger partial charge in [-0.15, -0.1) is 0 Å². The van der Waals surface area contributed by atoms with E-state index in [0.717, 1.165) is 0 Å². The van der Waals surface area contributed by atoms with Gasteiger partial charge in [0.2, 0.25) is 0 Å². The highest BCUT2D eigenvalue weighted by molar-refractivity contribution is 6.23. The number of hydrogen-bond donors (Lipinski definition) is 1.